The van der Waals surface area contributed by atoms with Gasteiger partial charge in [-0.05, 0) is 56.7 Å². The van der Waals surface area contributed by atoms with Crippen LogP contribution in [-0.2, 0) is 4.79 Å². The van der Waals surface area contributed by atoms with Gasteiger partial charge in [-0.3, -0.25) is 9.59 Å². The molecule has 1 aliphatic carbocycles. The van der Waals surface area contributed by atoms with E-state index in [-0.39, 0.29) is 18.6 Å². The minimum Gasteiger partial charge on any atom is -0.490 e. The lowest BCUT2D eigenvalue weighted by atomic mass is 9.87. The van der Waals surface area contributed by atoms with Gasteiger partial charge in [0.1, 0.15) is 6.29 Å². The molecule has 1 fully saturated rings. The highest BCUT2D eigenvalue weighted by Gasteiger charge is 2.20. The van der Waals surface area contributed by atoms with Crippen LogP contribution in [0.3, 0.4) is 0 Å². The maximum Gasteiger partial charge on any atom is 0.258 e. The van der Waals surface area contributed by atoms with Gasteiger partial charge in [-0.25, -0.2) is 0 Å². The Labute approximate surface area is 137 Å². The van der Waals surface area contributed by atoms with Crippen LogP contribution in [0.5, 0.6) is 11.5 Å². The fourth-order valence-electron chi connectivity index (χ4n) is 2.80. The molecule has 0 unspecified atom stereocenters. The summed E-state index contributed by atoms with van der Waals surface area (Å²) in [4.78, 5) is 22.8. The summed E-state index contributed by atoms with van der Waals surface area (Å²) in [6, 6.07) is 5.17. The number of aldehydes is 1. The van der Waals surface area contributed by atoms with E-state index in [2.05, 4.69) is 12.2 Å². The van der Waals surface area contributed by atoms with Crippen molar-refractivity contribution < 1.29 is 19.1 Å². The highest BCUT2D eigenvalue weighted by Crippen LogP contribution is 2.28. The quantitative estimate of drug-likeness (QED) is 0.785. The number of hydrogen-bond donors (Lipinski definition) is 1. The first kappa shape index (κ1) is 17.3. The van der Waals surface area contributed by atoms with Crippen LogP contribution < -0.4 is 14.8 Å². The van der Waals surface area contributed by atoms with Crippen LogP contribution in [-0.4, -0.2) is 31.4 Å². The molecule has 0 saturated heterocycles. The van der Waals surface area contributed by atoms with Gasteiger partial charge in [0, 0.05) is 11.6 Å². The topological polar surface area (TPSA) is 64.6 Å². The number of carbonyl (C=O) groups excluding carboxylic acids is 2. The van der Waals surface area contributed by atoms with E-state index in [0.29, 0.717) is 23.7 Å². The highest BCUT2D eigenvalue weighted by atomic mass is 16.5. The second kappa shape index (κ2) is 8.56. The molecule has 0 bridgehead atoms. The second-order valence-electron chi connectivity index (χ2n) is 6.07. The first-order valence-corrected chi connectivity index (χ1v) is 8.26. The minimum absolute atomic E-state index is 0.0490. The summed E-state index contributed by atoms with van der Waals surface area (Å²) in [6.45, 7) is 4.52. The molecule has 1 saturated carbocycles. The fourth-order valence-corrected chi connectivity index (χ4v) is 2.80. The lowest BCUT2D eigenvalue weighted by molar-refractivity contribution is -0.124. The van der Waals surface area contributed by atoms with Crippen LogP contribution >= 0.6 is 0 Å². The maximum atomic E-state index is 12.0. The maximum absolute atomic E-state index is 12.0. The number of hydrogen-bond acceptors (Lipinski definition) is 4. The van der Waals surface area contributed by atoms with Crippen molar-refractivity contribution in [3.8, 4) is 11.5 Å². The summed E-state index contributed by atoms with van der Waals surface area (Å²) < 4.78 is 11.0. The Balaban J connectivity index is 1.87. The van der Waals surface area contributed by atoms with Crippen LogP contribution in [0.25, 0.3) is 0 Å². The SMILES string of the molecule is CCOc1cc(C=O)ccc1OCC(=O)NC1CCC(C)CC1. The molecule has 0 spiro atoms. The molecule has 1 aromatic carbocycles. The summed E-state index contributed by atoms with van der Waals surface area (Å²) in [5.74, 6) is 1.59. The summed E-state index contributed by atoms with van der Waals surface area (Å²) in [7, 11) is 0. The zero-order valence-electron chi connectivity index (χ0n) is 13.8. The van der Waals surface area contributed by atoms with Crippen molar-refractivity contribution in [1.29, 1.82) is 0 Å². The predicted octanol–water partition coefficient (Wildman–Crippen LogP) is 2.97. The van der Waals surface area contributed by atoms with Crippen LogP contribution in [0.1, 0.15) is 49.9 Å². The van der Waals surface area contributed by atoms with E-state index < -0.39 is 0 Å². The molecule has 1 N–H and O–H groups in total. The molecule has 1 amide bonds. The van der Waals surface area contributed by atoms with Gasteiger partial charge in [0.15, 0.2) is 18.1 Å². The zero-order chi connectivity index (χ0) is 16.7. The van der Waals surface area contributed by atoms with Crippen LogP contribution in [0, 0.1) is 5.92 Å². The molecule has 1 aliphatic rings. The standard InChI is InChI=1S/C18H25NO4/c1-3-22-17-10-14(11-20)6-9-16(17)23-12-18(21)19-15-7-4-13(2)5-8-15/h6,9-11,13,15H,3-5,7-8,12H2,1-2H3,(H,19,21). The number of nitrogens with one attached hydrogen (secondary N) is 1. The van der Waals surface area contributed by atoms with E-state index in [4.69, 9.17) is 9.47 Å². The Hall–Kier alpha value is -2.04. The molecule has 0 aliphatic heterocycles. The van der Waals surface area contributed by atoms with E-state index in [1.807, 2.05) is 6.92 Å². The van der Waals surface area contributed by atoms with Gasteiger partial charge in [-0.15, -0.1) is 0 Å². The fraction of sp³-hybridized carbons (Fsp3) is 0.556. The van der Waals surface area contributed by atoms with Gasteiger partial charge in [-0.1, -0.05) is 6.92 Å². The third kappa shape index (κ3) is 5.27. The smallest absolute Gasteiger partial charge is 0.258 e. The molecule has 0 atom stereocenters. The van der Waals surface area contributed by atoms with Crippen molar-refractivity contribution in [2.75, 3.05) is 13.2 Å². The third-order valence-electron chi connectivity index (χ3n) is 4.14. The van der Waals surface area contributed by atoms with Crippen molar-refractivity contribution in [2.45, 2.75) is 45.6 Å². The van der Waals surface area contributed by atoms with Gasteiger partial charge in [0.05, 0.1) is 6.61 Å². The van der Waals surface area contributed by atoms with Crippen LogP contribution in [0.15, 0.2) is 18.2 Å². The number of benzene rings is 1. The molecule has 5 nitrogen and oxygen atoms in total. The van der Waals surface area contributed by atoms with Crippen LogP contribution in [0.4, 0.5) is 0 Å². The van der Waals surface area contributed by atoms with E-state index in [9.17, 15) is 9.59 Å². The Morgan fingerprint density at radius 1 is 1.22 bits per heavy atom. The largest absolute Gasteiger partial charge is 0.490 e. The van der Waals surface area contributed by atoms with E-state index in [0.717, 1.165) is 37.9 Å². The average Bonchev–Trinajstić information content (AvgIpc) is 2.56. The van der Waals surface area contributed by atoms with E-state index >= 15 is 0 Å². The molecule has 23 heavy (non-hydrogen) atoms. The Morgan fingerprint density at radius 2 is 1.96 bits per heavy atom. The molecular weight excluding hydrogens is 294 g/mol. The molecule has 1 aromatic rings. The Morgan fingerprint density at radius 3 is 2.61 bits per heavy atom. The zero-order valence-corrected chi connectivity index (χ0v) is 13.8. The molecular formula is C18H25NO4. The summed E-state index contributed by atoms with van der Waals surface area (Å²) in [5, 5.41) is 3.02. The summed E-state index contributed by atoms with van der Waals surface area (Å²) in [6.07, 6.45) is 5.14. The van der Waals surface area contributed by atoms with Gasteiger partial charge in [0.25, 0.3) is 5.91 Å². The monoisotopic (exact) mass is 319 g/mol. The van der Waals surface area contributed by atoms with Gasteiger partial charge in [-0.2, -0.15) is 0 Å². The average molecular weight is 319 g/mol. The van der Waals surface area contributed by atoms with E-state index in [1.165, 1.54) is 0 Å². The molecule has 5 heteroatoms. The lowest BCUT2D eigenvalue weighted by Crippen LogP contribution is -2.39. The third-order valence-corrected chi connectivity index (χ3v) is 4.14. The normalized spacial score (nSPS) is 20.6. The van der Waals surface area contributed by atoms with Crippen molar-refractivity contribution in [2.24, 2.45) is 5.92 Å². The van der Waals surface area contributed by atoms with Crippen molar-refractivity contribution >= 4 is 12.2 Å². The number of amides is 1. The van der Waals surface area contributed by atoms with Crippen molar-refractivity contribution in [3.63, 3.8) is 0 Å². The molecule has 0 heterocycles. The Kier molecular flexibility index (Phi) is 6.44. The van der Waals surface area contributed by atoms with Crippen molar-refractivity contribution in [3.05, 3.63) is 23.8 Å². The molecule has 126 valence electrons. The molecule has 0 radical (unpaired) electrons. The number of rotatable bonds is 7. The lowest BCUT2D eigenvalue weighted by Gasteiger charge is -2.26. The number of carbonyl (C=O) groups is 2. The summed E-state index contributed by atoms with van der Waals surface area (Å²) >= 11 is 0. The highest BCUT2D eigenvalue weighted by molar-refractivity contribution is 5.78. The van der Waals surface area contributed by atoms with Crippen molar-refractivity contribution in [1.82, 2.24) is 5.32 Å². The van der Waals surface area contributed by atoms with E-state index in [1.54, 1.807) is 18.2 Å². The minimum atomic E-state index is -0.119. The summed E-state index contributed by atoms with van der Waals surface area (Å²) in [5.41, 5.74) is 0.515. The van der Waals surface area contributed by atoms with Crippen LogP contribution in [0.2, 0.25) is 0 Å². The van der Waals surface area contributed by atoms with Gasteiger partial charge < -0.3 is 14.8 Å². The first-order chi connectivity index (χ1) is 11.1. The number of ether oxygens (including phenoxy) is 2. The first-order valence-electron chi connectivity index (χ1n) is 8.26. The van der Waals surface area contributed by atoms with Gasteiger partial charge in [0.2, 0.25) is 0 Å². The predicted molar refractivity (Wildman–Crippen MR) is 88.1 cm³/mol. The Bertz CT molecular complexity index is 536. The molecule has 0 aromatic heterocycles. The van der Waals surface area contributed by atoms with Gasteiger partial charge >= 0.3 is 0 Å². The molecule has 2 rings (SSSR count). The second-order valence-corrected chi connectivity index (χ2v) is 6.07.